The van der Waals surface area contributed by atoms with E-state index in [1.807, 2.05) is 6.92 Å². The maximum Gasteiger partial charge on any atom is 0.416 e. The van der Waals surface area contributed by atoms with E-state index in [0.717, 1.165) is 35.7 Å². The number of hydrogen-bond donors (Lipinski definition) is 1. The number of unbranched alkanes of at least 4 members (excludes halogenated alkanes) is 2. The third-order valence-corrected chi connectivity index (χ3v) is 5.90. The van der Waals surface area contributed by atoms with Crippen LogP contribution in [-0.4, -0.2) is 37.8 Å². The van der Waals surface area contributed by atoms with Crippen LogP contribution in [-0.2, 0) is 26.7 Å². The summed E-state index contributed by atoms with van der Waals surface area (Å²) in [5, 5.41) is 2.67. The van der Waals surface area contributed by atoms with Crippen LogP contribution in [0.25, 0.3) is 0 Å². The van der Waals surface area contributed by atoms with E-state index in [9.17, 15) is 26.4 Å². The van der Waals surface area contributed by atoms with Crippen LogP contribution < -0.4 is 5.32 Å². The Labute approximate surface area is 159 Å². The van der Waals surface area contributed by atoms with Crippen LogP contribution in [0.4, 0.5) is 13.2 Å². The second-order valence-electron chi connectivity index (χ2n) is 6.65. The molecule has 1 amide bonds. The number of carbonyl (C=O) groups excluding carboxylic acids is 1. The molecule has 27 heavy (non-hydrogen) atoms. The number of halogens is 3. The first-order chi connectivity index (χ1) is 12.5. The van der Waals surface area contributed by atoms with Gasteiger partial charge in [-0.25, -0.2) is 8.42 Å². The lowest BCUT2D eigenvalue weighted by Gasteiger charge is -2.25. The highest BCUT2D eigenvalue weighted by atomic mass is 32.2. The van der Waals surface area contributed by atoms with Gasteiger partial charge in [0.1, 0.15) is 0 Å². The first kappa shape index (κ1) is 23.4. The Hall–Kier alpha value is -1.61. The summed E-state index contributed by atoms with van der Waals surface area (Å²) in [5.74, 6) is -1.02. The van der Waals surface area contributed by atoms with Gasteiger partial charge in [0.2, 0.25) is 15.9 Å². The van der Waals surface area contributed by atoms with Crippen LogP contribution in [0, 0.1) is 0 Å². The van der Waals surface area contributed by atoms with Crippen LogP contribution >= 0.6 is 0 Å². The molecule has 0 aliphatic carbocycles. The zero-order chi connectivity index (χ0) is 20.7. The fraction of sp³-hybridized carbons (Fsp3) is 0.611. The van der Waals surface area contributed by atoms with Gasteiger partial charge in [-0.2, -0.15) is 17.5 Å². The molecular weight excluding hydrogens is 381 g/mol. The van der Waals surface area contributed by atoms with Crippen LogP contribution in [0.5, 0.6) is 0 Å². The minimum Gasteiger partial charge on any atom is -0.355 e. The van der Waals surface area contributed by atoms with Gasteiger partial charge in [0.25, 0.3) is 0 Å². The largest absolute Gasteiger partial charge is 0.416 e. The molecule has 0 aliphatic rings. The summed E-state index contributed by atoms with van der Waals surface area (Å²) >= 11 is 0. The Morgan fingerprint density at radius 1 is 1.22 bits per heavy atom. The Morgan fingerprint density at radius 3 is 2.44 bits per heavy atom. The van der Waals surface area contributed by atoms with Crippen LogP contribution in [0.1, 0.15) is 51.2 Å². The second-order valence-corrected chi connectivity index (χ2v) is 8.57. The van der Waals surface area contributed by atoms with Crippen molar-refractivity contribution in [3.63, 3.8) is 0 Å². The minimum absolute atomic E-state index is 0.0267. The first-order valence-corrected chi connectivity index (χ1v) is 10.5. The molecule has 0 bridgehead atoms. The average molecular weight is 408 g/mol. The number of hydrogen-bond acceptors (Lipinski definition) is 3. The lowest BCUT2D eigenvalue weighted by molar-refractivity contribution is -0.137. The van der Waals surface area contributed by atoms with Crippen molar-refractivity contribution in [1.29, 1.82) is 0 Å². The highest BCUT2D eigenvalue weighted by Gasteiger charge is 2.32. The number of sulfonamides is 1. The summed E-state index contributed by atoms with van der Waals surface area (Å²) in [6.45, 7) is 5.38. The van der Waals surface area contributed by atoms with E-state index in [0.29, 0.717) is 6.54 Å². The van der Waals surface area contributed by atoms with E-state index < -0.39 is 39.5 Å². The molecule has 0 aromatic heterocycles. The molecule has 0 unspecified atom stereocenters. The van der Waals surface area contributed by atoms with Crippen LogP contribution in [0.2, 0.25) is 0 Å². The highest BCUT2D eigenvalue weighted by Crippen LogP contribution is 2.30. The predicted octanol–water partition coefficient (Wildman–Crippen LogP) is 3.55. The molecule has 1 N–H and O–H groups in total. The fourth-order valence-corrected chi connectivity index (χ4v) is 4.26. The minimum atomic E-state index is -4.55. The van der Waals surface area contributed by atoms with Crippen molar-refractivity contribution >= 4 is 15.9 Å². The molecular formula is C18H27F3N2O3S. The molecule has 0 saturated carbocycles. The van der Waals surface area contributed by atoms with Crippen LogP contribution in [0.3, 0.4) is 0 Å². The van der Waals surface area contributed by atoms with Crippen molar-refractivity contribution in [2.45, 2.75) is 58.0 Å². The summed E-state index contributed by atoms with van der Waals surface area (Å²) in [6, 6.07) is 3.72. The standard InChI is InChI=1S/C18H27F3N2O3S/c1-4-5-6-10-22-17(24)12-23(14(2)3)27(25,26)13-15-8-7-9-16(11-15)18(19,20)21/h7-9,11,14H,4-6,10,12-13H2,1-3H3,(H,22,24). The summed E-state index contributed by atoms with van der Waals surface area (Å²) in [6.07, 6.45) is -1.78. The SMILES string of the molecule is CCCCCNC(=O)CN(C(C)C)S(=O)(=O)Cc1cccc(C(F)(F)F)c1. The summed E-state index contributed by atoms with van der Waals surface area (Å²) in [4.78, 5) is 12.0. The van der Waals surface area contributed by atoms with Crippen molar-refractivity contribution in [2.24, 2.45) is 0 Å². The van der Waals surface area contributed by atoms with Gasteiger partial charge in [-0.05, 0) is 31.9 Å². The second kappa shape index (κ2) is 10.1. The van der Waals surface area contributed by atoms with Crippen molar-refractivity contribution in [2.75, 3.05) is 13.1 Å². The van der Waals surface area contributed by atoms with Gasteiger partial charge >= 0.3 is 6.18 Å². The highest BCUT2D eigenvalue weighted by molar-refractivity contribution is 7.88. The molecule has 1 aromatic rings. The lowest BCUT2D eigenvalue weighted by atomic mass is 10.1. The van der Waals surface area contributed by atoms with Gasteiger partial charge in [-0.15, -0.1) is 0 Å². The van der Waals surface area contributed by atoms with Gasteiger partial charge in [0.05, 0.1) is 17.9 Å². The number of amides is 1. The topological polar surface area (TPSA) is 66.5 Å². The van der Waals surface area contributed by atoms with E-state index in [4.69, 9.17) is 0 Å². The van der Waals surface area contributed by atoms with E-state index in [1.54, 1.807) is 13.8 Å². The molecule has 0 saturated heterocycles. The molecule has 0 atom stereocenters. The van der Waals surface area contributed by atoms with Gasteiger partial charge < -0.3 is 5.32 Å². The molecule has 1 rings (SSSR count). The molecule has 0 fully saturated rings. The number of alkyl halides is 3. The molecule has 0 aliphatic heterocycles. The number of carbonyl (C=O) groups is 1. The van der Waals surface area contributed by atoms with Crippen molar-refractivity contribution in [3.8, 4) is 0 Å². The Bertz CT molecular complexity index is 719. The predicted molar refractivity (Wildman–Crippen MR) is 98.4 cm³/mol. The quantitative estimate of drug-likeness (QED) is 0.602. The van der Waals surface area contributed by atoms with Gasteiger partial charge in [-0.1, -0.05) is 38.0 Å². The normalized spacial score (nSPS) is 12.6. The zero-order valence-electron chi connectivity index (χ0n) is 15.8. The number of benzene rings is 1. The van der Waals surface area contributed by atoms with E-state index >= 15 is 0 Å². The molecule has 5 nitrogen and oxygen atoms in total. The van der Waals surface area contributed by atoms with E-state index in [1.165, 1.54) is 12.1 Å². The first-order valence-electron chi connectivity index (χ1n) is 8.89. The molecule has 154 valence electrons. The molecule has 0 heterocycles. The van der Waals surface area contributed by atoms with E-state index in [2.05, 4.69) is 5.32 Å². The van der Waals surface area contributed by atoms with Gasteiger partial charge in [0, 0.05) is 12.6 Å². The Morgan fingerprint density at radius 2 is 1.89 bits per heavy atom. The third-order valence-electron chi connectivity index (χ3n) is 3.94. The summed E-state index contributed by atoms with van der Waals surface area (Å²) in [7, 11) is -3.96. The summed E-state index contributed by atoms with van der Waals surface area (Å²) in [5.41, 5.74) is -0.876. The summed E-state index contributed by atoms with van der Waals surface area (Å²) < 4.78 is 64.8. The van der Waals surface area contributed by atoms with Crippen molar-refractivity contribution in [3.05, 3.63) is 35.4 Å². The average Bonchev–Trinajstić information content (AvgIpc) is 2.55. The Kier molecular flexibility index (Phi) is 8.74. The molecule has 9 heteroatoms. The Balaban J connectivity index is 2.86. The van der Waals surface area contributed by atoms with Crippen molar-refractivity contribution in [1.82, 2.24) is 9.62 Å². The zero-order valence-corrected chi connectivity index (χ0v) is 16.7. The molecule has 0 radical (unpaired) electrons. The lowest BCUT2D eigenvalue weighted by Crippen LogP contribution is -2.44. The maximum atomic E-state index is 12.8. The van der Waals surface area contributed by atoms with Crippen molar-refractivity contribution < 1.29 is 26.4 Å². The smallest absolute Gasteiger partial charge is 0.355 e. The monoisotopic (exact) mass is 408 g/mol. The van der Waals surface area contributed by atoms with E-state index in [-0.39, 0.29) is 12.1 Å². The molecule has 1 aromatic carbocycles. The number of nitrogens with zero attached hydrogens (tertiary/aromatic N) is 1. The number of nitrogens with one attached hydrogen (secondary N) is 1. The van der Waals surface area contributed by atoms with Gasteiger partial charge in [0.15, 0.2) is 0 Å². The van der Waals surface area contributed by atoms with Gasteiger partial charge in [-0.3, -0.25) is 4.79 Å². The maximum absolute atomic E-state index is 12.8. The number of rotatable bonds is 10. The molecule has 0 spiro atoms. The third kappa shape index (κ3) is 7.88. The van der Waals surface area contributed by atoms with Crippen LogP contribution in [0.15, 0.2) is 24.3 Å². The fourth-order valence-electron chi connectivity index (χ4n) is 2.53.